The highest BCUT2D eigenvalue weighted by Gasteiger charge is 2.01. The molecule has 0 unspecified atom stereocenters. The van der Waals surface area contributed by atoms with E-state index in [-0.39, 0.29) is 0 Å². The van der Waals surface area contributed by atoms with E-state index >= 15 is 0 Å². The quantitative estimate of drug-likeness (QED) is 0.335. The third-order valence-electron chi connectivity index (χ3n) is 1.36. The summed E-state index contributed by atoms with van der Waals surface area (Å²) in [6.45, 7) is 0. The Bertz CT molecular complexity index is 285. The van der Waals surface area contributed by atoms with E-state index in [9.17, 15) is 4.79 Å². The topological polar surface area (TPSA) is 35.5 Å². The summed E-state index contributed by atoms with van der Waals surface area (Å²) in [5, 5.41) is 0. The van der Waals surface area contributed by atoms with Crippen molar-refractivity contribution in [1.29, 1.82) is 0 Å². The van der Waals surface area contributed by atoms with Crippen molar-refractivity contribution in [3.05, 3.63) is 24.3 Å². The van der Waals surface area contributed by atoms with Gasteiger partial charge in [-0.1, -0.05) is 17.6 Å². The van der Waals surface area contributed by atoms with Crippen LogP contribution in [-0.2, 0) is 4.74 Å². The minimum absolute atomic E-state index is 0.502. The largest absolute Gasteiger partial charge is 0.513 e. The molecule has 0 aromatic heterocycles. The molecule has 0 amide bonds. The Morgan fingerprint density at radius 2 is 2.25 bits per heavy atom. The van der Waals surface area contributed by atoms with Crippen LogP contribution in [0.3, 0.4) is 0 Å². The number of carbonyl (C=O) groups excluding carboxylic acids is 1. The molecule has 0 saturated heterocycles. The summed E-state index contributed by atoms with van der Waals surface area (Å²) in [6, 6.07) is 7.19. The molecule has 0 radical (unpaired) electrons. The molecule has 1 aromatic carbocycles. The molecule has 3 nitrogen and oxygen atoms in total. The highest BCUT2D eigenvalue weighted by Crippen LogP contribution is 2.06. The molecule has 0 atom stereocenters. The fourth-order valence-electron chi connectivity index (χ4n) is 0.817. The van der Waals surface area contributed by atoms with Gasteiger partial charge in [0.05, 0.1) is 7.11 Å². The number of benzene rings is 1. The first-order valence-electron chi connectivity index (χ1n) is 3.55. The van der Waals surface area contributed by atoms with Crippen LogP contribution in [0, 0.1) is 0 Å². The number of rotatable bonds is 1. The molecule has 1 aromatic rings. The molecule has 4 heteroatoms. The lowest BCUT2D eigenvalue weighted by molar-refractivity contribution is 0.121. The number of carbonyl (C=O) groups is 1. The third-order valence-corrected chi connectivity index (χ3v) is 1.36. The van der Waals surface area contributed by atoms with Crippen LogP contribution >= 0.6 is 0 Å². The van der Waals surface area contributed by atoms with Crippen molar-refractivity contribution in [2.75, 3.05) is 7.11 Å². The minimum Gasteiger partial charge on any atom is -0.437 e. The van der Waals surface area contributed by atoms with Gasteiger partial charge in [-0.2, -0.15) is 0 Å². The van der Waals surface area contributed by atoms with E-state index in [2.05, 4.69) is 4.74 Å². The molecule has 0 heterocycles. The van der Waals surface area contributed by atoms with E-state index in [0.717, 1.165) is 5.46 Å². The molecule has 0 spiro atoms. The van der Waals surface area contributed by atoms with Crippen LogP contribution in [0.5, 0.6) is 5.75 Å². The maximum atomic E-state index is 10.6. The van der Waals surface area contributed by atoms with Crippen LogP contribution in [0.1, 0.15) is 0 Å². The van der Waals surface area contributed by atoms with Gasteiger partial charge in [-0.25, -0.2) is 4.79 Å². The van der Waals surface area contributed by atoms with E-state index in [0.29, 0.717) is 5.75 Å². The third kappa shape index (κ3) is 2.30. The van der Waals surface area contributed by atoms with Crippen molar-refractivity contribution in [2.45, 2.75) is 0 Å². The van der Waals surface area contributed by atoms with Crippen LogP contribution in [0.2, 0.25) is 0 Å². The average Bonchev–Trinajstić information content (AvgIpc) is 2.04. The smallest absolute Gasteiger partial charge is 0.437 e. The van der Waals surface area contributed by atoms with Gasteiger partial charge in [0.2, 0.25) is 0 Å². The van der Waals surface area contributed by atoms with Crippen molar-refractivity contribution in [3.63, 3.8) is 0 Å². The van der Waals surface area contributed by atoms with E-state index in [1.807, 2.05) is 20.0 Å². The van der Waals surface area contributed by atoms with E-state index in [1.54, 1.807) is 12.1 Å². The Labute approximate surface area is 71.7 Å². The maximum absolute atomic E-state index is 10.6. The van der Waals surface area contributed by atoms with Gasteiger partial charge in [0.15, 0.2) is 0 Å². The zero-order valence-electron chi connectivity index (χ0n) is 7.03. The van der Waals surface area contributed by atoms with Gasteiger partial charge in [0.1, 0.15) is 13.6 Å². The first-order valence-corrected chi connectivity index (χ1v) is 3.55. The van der Waals surface area contributed by atoms with Gasteiger partial charge in [0.25, 0.3) is 0 Å². The number of hydrogen-bond acceptors (Lipinski definition) is 3. The highest BCUT2D eigenvalue weighted by molar-refractivity contribution is 6.32. The van der Waals surface area contributed by atoms with Gasteiger partial charge in [-0.15, -0.1) is 0 Å². The van der Waals surface area contributed by atoms with Gasteiger partial charge < -0.3 is 9.47 Å². The molecule has 0 aliphatic heterocycles. The molecule has 0 aliphatic rings. The van der Waals surface area contributed by atoms with Crippen LogP contribution < -0.4 is 10.2 Å². The molecular weight excluding hydrogens is 155 g/mol. The Morgan fingerprint density at radius 3 is 2.83 bits per heavy atom. The van der Waals surface area contributed by atoms with Gasteiger partial charge in [-0.3, -0.25) is 0 Å². The van der Waals surface area contributed by atoms with Crippen molar-refractivity contribution in [1.82, 2.24) is 0 Å². The molecule has 0 bridgehead atoms. The van der Waals surface area contributed by atoms with Gasteiger partial charge >= 0.3 is 6.16 Å². The normalized spacial score (nSPS) is 9.08. The zero-order valence-corrected chi connectivity index (χ0v) is 7.03. The molecule has 0 saturated carbocycles. The minimum atomic E-state index is -0.694. The Hall–Kier alpha value is -1.45. The Kier molecular flexibility index (Phi) is 2.74. The first kappa shape index (κ1) is 8.65. The molecular formula is C8H9BO3. The van der Waals surface area contributed by atoms with Crippen LogP contribution in [-0.4, -0.2) is 21.1 Å². The SMILES string of the molecule is Bc1cccc(OC(=O)OC)c1. The summed E-state index contributed by atoms with van der Waals surface area (Å²) < 4.78 is 9.12. The predicted molar refractivity (Wildman–Crippen MR) is 47.7 cm³/mol. The van der Waals surface area contributed by atoms with E-state index in [4.69, 9.17) is 4.74 Å². The second-order valence-electron chi connectivity index (χ2n) is 2.37. The predicted octanol–water partition coefficient (Wildman–Crippen LogP) is 0.0902. The van der Waals surface area contributed by atoms with Crippen molar-refractivity contribution < 1.29 is 14.3 Å². The van der Waals surface area contributed by atoms with E-state index < -0.39 is 6.16 Å². The summed E-state index contributed by atoms with van der Waals surface area (Å²) in [5.74, 6) is 0.502. The summed E-state index contributed by atoms with van der Waals surface area (Å²) >= 11 is 0. The standard InChI is InChI=1S/C8H9BO3/c1-11-8(10)12-7-4-2-3-6(9)5-7/h2-5H,9H2,1H3. The van der Waals surface area contributed by atoms with Gasteiger partial charge in [-0.05, 0) is 12.1 Å². The summed E-state index contributed by atoms with van der Waals surface area (Å²) in [4.78, 5) is 10.6. The van der Waals surface area contributed by atoms with Crippen molar-refractivity contribution >= 4 is 19.5 Å². The highest BCUT2D eigenvalue weighted by atomic mass is 16.7. The van der Waals surface area contributed by atoms with E-state index in [1.165, 1.54) is 7.11 Å². The molecule has 0 fully saturated rings. The molecule has 1 rings (SSSR count). The van der Waals surface area contributed by atoms with Gasteiger partial charge in [0, 0.05) is 0 Å². The summed E-state index contributed by atoms with van der Waals surface area (Å²) in [6.07, 6.45) is -0.694. The first-order chi connectivity index (χ1) is 5.72. The van der Waals surface area contributed by atoms with Crippen LogP contribution in [0.15, 0.2) is 24.3 Å². The molecule has 0 aliphatic carbocycles. The maximum Gasteiger partial charge on any atom is 0.513 e. The summed E-state index contributed by atoms with van der Waals surface area (Å²) in [7, 11) is 3.20. The molecule has 62 valence electrons. The van der Waals surface area contributed by atoms with Crippen molar-refractivity contribution in [2.24, 2.45) is 0 Å². The average molecular weight is 164 g/mol. The lowest BCUT2D eigenvalue weighted by atomic mass is 9.96. The zero-order chi connectivity index (χ0) is 8.97. The number of ether oxygens (including phenoxy) is 2. The lowest BCUT2D eigenvalue weighted by Crippen LogP contribution is -2.09. The second-order valence-corrected chi connectivity index (χ2v) is 2.37. The second kappa shape index (κ2) is 3.81. The van der Waals surface area contributed by atoms with Crippen molar-refractivity contribution in [3.8, 4) is 5.75 Å². The molecule has 12 heavy (non-hydrogen) atoms. The number of hydrogen-bond donors (Lipinski definition) is 0. The summed E-state index contributed by atoms with van der Waals surface area (Å²) in [5.41, 5.74) is 1.04. The Morgan fingerprint density at radius 1 is 1.50 bits per heavy atom. The van der Waals surface area contributed by atoms with Crippen LogP contribution in [0.4, 0.5) is 4.79 Å². The fourth-order valence-corrected chi connectivity index (χ4v) is 0.817. The Balaban J connectivity index is 2.69. The number of methoxy groups -OCH3 is 1. The van der Waals surface area contributed by atoms with Crippen LogP contribution in [0.25, 0.3) is 0 Å². The fraction of sp³-hybridized carbons (Fsp3) is 0.125. The monoisotopic (exact) mass is 164 g/mol. The molecule has 0 N–H and O–H groups in total. The lowest BCUT2D eigenvalue weighted by Gasteiger charge is -2.02.